The predicted octanol–water partition coefficient (Wildman–Crippen LogP) is 3.41. The van der Waals surface area contributed by atoms with E-state index in [1.165, 1.54) is 42.6 Å². The van der Waals surface area contributed by atoms with Gasteiger partial charge >= 0.3 is 0 Å². The summed E-state index contributed by atoms with van der Waals surface area (Å²) in [7, 11) is 1.72. The SMILES string of the molecule is COc1ccc(CN2CCCC2)c(-c2ccc(C3=NOC(CN)C3)cc2)c1. The first-order chi connectivity index (χ1) is 13.3. The molecule has 1 saturated heterocycles. The van der Waals surface area contributed by atoms with Gasteiger partial charge in [-0.1, -0.05) is 35.5 Å². The summed E-state index contributed by atoms with van der Waals surface area (Å²) in [5.41, 5.74) is 11.5. The molecule has 2 N–H and O–H groups in total. The topological polar surface area (TPSA) is 60.1 Å². The van der Waals surface area contributed by atoms with Gasteiger partial charge in [0.1, 0.15) is 11.9 Å². The van der Waals surface area contributed by atoms with E-state index in [0.717, 1.165) is 30.0 Å². The summed E-state index contributed by atoms with van der Waals surface area (Å²) in [6.45, 7) is 3.85. The first-order valence-corrected chi connectivity index (χ1v) is 9.69. The Bertz CT molecular complexity index is 811. The third-order valence-electron chi connectivity index (χ3n) is 5.43. The highest BCUT2D eigenvalue weighted by Gasteiger charge is 2.21. The highest BCUT2D eigenvalue weighted by Crippen LogP contribution is 2.30. The first kappa shape index (κ1) is 18.0. The average Bonchev–Trinajstić information content (AvgIpc) is 3.40. The van der Waals surface area contributed by atoms with Crippen LogP contribution in [0.1, 0.15) is 30.4 Å². The van der Waals surface area contributed by atoms with Gasteiger partial charge in [-0.25, -0.2) is 0 Å². The number of nitrogens with two attached hydrogens (primary N) is 1. The molecule has 2 aromatic carbocycles. The zero-order valence-corrected chi connectivity index (χ0v) is 15.9. The summed E-state index contributed by atoms with van der Waals surface area (Å²) >= 11 is 0. The molecular formula is C22H27N3O2. The molecule has 0 bridgehead atoms. The molecule has 27 heavy (non-hydrogen) atoms. The third-order valence-corrected chi connectivity index (χ3v) is 5.43. The number of hydrogen-bond acceptors (Lipinski definition) is 5. The normalized spacial score (nSPS) is 19.8. The Morgan fingerprint density at radius 1 is 1.11 bits per heavy atom. The van der Waals surface area contributed by atoms with E-state index in [1.807, 2.05) is 0 Å². The molecule has 142 valence electrons. The van der Waals surface area contributed by atoms with Gasteiger partial charge in [0.2, 0.25) is 0 Å². The van der Waals surface area contributed by atoms with Crippen molar-refractivity contribution in [2.24, 2.45) is 10.9 Å². The number of rotatable bonds is 6. The molecule has 1 atom stereocenters. The number of likely N-dealkylation sites (tertiary alicyclic amines) is 1. The van der Waals surface area contributed by atoms with E-state index >= 15 is 0 Å². The quantitative estimate of drug-likeness (QED) is 0.852. The van der Waals surface area contributed by atoms with E-state index in [4.69, 9.17) is 15.3 Å². The van der Waals surface area contributed by atoms with Gasteiger partial charge in [-0.05, 0) is 60.3 Å². The molecule has 0 saturated carbocycles. The number of hydrogen-bond donors (Lipinski definition) is 1. The van der Waals surface area contributed by atoms with Crippen molar-refractivity contribution in [2.45, 2.75) is 31.9 Å². The molecule has 2 aliphatic rings. The fourth-order valence-corrected chi connectivity index (χ4v) is 3.84. The lowest BCUT2D eigenvalue weighted by Crippen LogP contribution is -2.20. The molecule has 2 aromatic rings. The summed E-state index contributed by atoms with van der Waals surface area (Å²) in [6.07, 6.45) is 3.38. The first-order valence-electron chi connectivity index (χ1n) is 9.69. The van der Waals surface area contributed by atoms with E-state index in [9.17, 15) is 0 Å². The van der Waals surface area contributed by atoms with Gasteiger partial charge in [-0.3, -0.25) is 4.90 Å². The van der Waals surface area contributed by atoms with Crippen LogP contribution in [-0.4, -0.2) is 43.5 Å². The van der Waals surface area contributed by atoms with Crippen LogP contribution in [0.15, 0.2) is 47.6 Å². The van der Waals surface area contributed by atoms with E-state index in [-0.39, 0.29) is 6.10 Å². The minimum Gasteiger partial charge on any atom is -0.497 e. The van der Waals surface area contributed by atoms with Crippen LogP contribution in [0.4, 0.5) is 0 Å². The van der Waals surface area contributed by atoms with E-state index in [2.05, 4.69) is 52.5 Å². The fourth-order valence-electron chi connectivity index (χ4n) is 3.84. The highest BCUT2D eigenvalue weighted by atomic mass is 16.6. The molecule has 4 rings (SSSR count). The van der Waals surface area contributed by atoms with Crippen LogP contribution >= 0.6 is 0 Å². The second-order valence-electron chi connectivity index (χ2n) is 7.29. The molecule has 0 amide bonds. The Labute approximate surface area is 160 Å². The van der Waals surface area contributed by atoms with Gasteiger partial charge < -0.3 is 15.3 Å². The van der Waals surface area contributed by atoms with Crippen LogP contribution in [0.25, 0.3) is 11.1 Å². The van der Waals surface area contributed by atoms with Crippen molar-refractivity contribution in [2.75, 3.05) is 26.7 Å². The van der Waals surface area contributed by atoms with Gasteiger partial charge in [0.15, 0.2) is 0 Å². The van der Waals surface area contributed by atoms with E-state index < -0.39 is 0 Å². The highest BCUT2D eigenvalue weighted by molar-refractivity contribution is 6.01. The minimum absolute atomic E-state index is 0.00475. The zero-order chi connectivity index (χ0) is 18.6. The van der Waals surface area contributed by atoms with Crippen molar-refractivity contribution in [3.63, 3.8) is 0 Å². The van der Waals surface area contributed by atoms with Gasteiger partial charge in [0, 0.05) is 19.5 Å². The smallest absolute Gasteiger partial charge is 0.145 e. The van der Waals surface area contributed by atoms with Crippen molar-refractivity contribution in [3.8, 4) is 16.9 Å². The van der Waals surface area contributed by atoms with E-state index in [0.29, 0.717) is 6.54 Å². The molecule has 2 aliphatic heterocycles. The van der Waals surface area contributed by atoms with E-state index in [1.54, 1.807) is 7.11 Å². The number of nitrogens with zero attached hydrogens (tertiary/aromatic N) is 2. The maximum Gasteiger partial charge on any atom is 0.145 e. The Kier molecular flexibility index (Phi) is 5.41. The summed E-state index contributed by atoms with van der Waals surface area (Å²) in [5, 5.41) is 4.18. The maximum absolute atomic E-state index is 5.67. The van der Waals surface area contributed by atoms with Crippen molar-refractivity contribution < 1.29 is 9.57 Å². The Balaban J connectivity index is 1.59. The molecular weight excluding hydrogens is 338 g/mol. The second kappa shape index (κ2) is 8.11. The molecule has 0 spiro atoms. The van der Waals surface area contributed by atoms with Gasteiger partial charge in [-0.15, -0.1) is 0 Å². The van der Waals surface area contributed by atoms with Crippen LogP contribution in [-0.2, 0) is 11.4 Å². The summed E-state index contributed by atoms with van der Waals surface area (Å²) in [4.78, 5) is 7.87. The standard InChI is InChI=1S/C22H27N3O2/c1-26-19-9-8-18(15-25-10-2-3-11-25)21(12-19)16-4-6-17(7-5-16)22-13-20(14-23)27-24-22/h4-9,12,20H,2-3,10-11,13-15,23H2,1H3. The maximum atomic E-state index is 5.67. The van der Waals surface area contributed by atoms with Gasteiger partial charge in [0.05, 0.1) is 12.8 Å². The van der Waals surface area contributed by atoms with Crippen LogP contribution < -0.4 is 10.5 Å². The number of oxime groups is 1. The van der Waals surface area contributed by atoms with Crippen molar-refractivity contribution in [3.05, 3.63) is 53.6 Å². The van der Waals surface area contributed by atoms with Crippen LogP contribution in [0.5, 0.6) is 5.75 Å². The third kappa shape index (κ3) is 3.99. The van der Waals surface area contributed by atoms with Gasteiger partial charge in [-0.2, -0.15) is 0 Å². The molecule has 2 heterocycles. The molecule has 5 heteroatoms. The fraction of sp³-hybridized carbons (Fsp3) is 0.409. The Morgan fingerprint density at radius 2 is 1.85 bits per heavy atom. The van der Waals surface area contributed by atoms with Crippen LogP contribution in [0, 0.1) is 0 Å². The summed E-state index contributed by atoms with van der Waals surface area (Å²) < 4.78 is 5.47. The predicted molar refractivity (Wildman–Crippen MR) is 108 cm³/mol. The average molecular weight is 365 g/mol. The Hall–Kier alpha value is -2.37. The molecule has 0 aliphatic carbocycles. The largest absolute Gasteiger partial charge is 0.497 e. The molecule has 0 radical (unpaired) electrons. The number of methoxy groups -OCH3 is 1. The lowest BCUT2D eigenvalue weighted by molar-refractivity contribution is 0.0918. The lowest BCUT2D eigenvalue weighted by Gasteiger charge is -2.18. The zero-order valence-electron chi connectivity index (χ0n) is 15.9. The van der Waals surface area contributed by atoms with Crippen molar-refractivity contribution >= 4 is 5.71 Å². The van der Waals surface area contributed by atoms with Crippen LogP contribution in [0.3, 0.4) is 0 Å². The summed E-state index contributed by atoms with van der Waals surface area (Å²) in [6, 6.07) is 15.0. The number of benzene rings is 2. The molecule has 0 aromatic heterocycles. The number of ether oxygens (including phenoxy) is 1. The molecule has 1 unspecified atom stereocenters. The molecule has 1 fully saturated rings. The monoisotopic (exact) mass is 365 g/mol. The van der Waals surface area contributed by atoms with Crippen molar-refractivity contribution in [1.82, 2.24) is 4.90 Å². The second-order valence-corrected chi connectivity index (χ2v) is 7.29. The van der Waals surface area contributed by atoms with Crippen LogP contribution in [0.2, 0.25) is 0 Å². The lowest BCUT2D eigenvalue weighted by atomic mass is 9.96. The molecule has 5 nitrogen and oxygen atoms in total. The Morgan fingerprint density at radius 3 is 2.52 bits per heavy atom. The summed E-state index contributed by atoms with van der Waals surface area (Å²) in [5.74, 6) is 0.888. The van der Waals surface area contributed by atoms with Gasteiger partial charge in [0.25, 0.3) is 0 Å². The minimum atomic E-state index is 0.00475. The van der Waals surface area contributed by atoms with Crippen molar-refractivity contribution in [1.29, 1.82) is 0 Å².